The molecule has 0 aromatic rings. The maximum absolute atomic E-state index is 11.7. The Labute approximate surface area is 118 Å². The molecule has 7 heteroatoms. The lowest BCUT2D eigenvalue weighted by atomic mass is 10.1. The SMILES string of the molecule is COC(=O)CC[C@H](NC(=O)NC(C)CC1CC1)C(=O)O. The highest BCUT2D eigenvalue weighted by Crippen LogP contribution is 2.33. The lowest BCUT2D eigenvalue weighted by Gasteiger charge is -2.18. The number of nitrogens with one attached hydrogen (secondary N) is 2. The maximum Gasteiger partial charge on any atom is 0.326 e. The van der Waals surface area contributed by atoms with Crippen molar-refractivity contribution in [1.29, 1.82) is 0 Å². The van der Waals surface area contributed by atoms with Gasteiger partial charge in [0.2, 0.25) is 0 Å². The van der Waals surface area contributed by atoms with Crippen LogP contribution >= 0.6 is 0 Å². The third kappa shape index (κ3) is 6.40. The first-order valence-corrected chi connectivity index (χ1v) is 6.79. The largest absolute Gasteiger partial charge is 0.480 e. The van der Waals surface area contributed by atoms with E-state index in [2.05, 4.69) is 15.4 Å². The van der Waals surface area contributed by atoms with Crippen molar-refractivity contribution in [3.63, 3.8) is 0 Å². The summed E-state index contributed by atoms with van der Waals surface area (Å²) in [7, 11) is 1.23. The zero-order valence-corrected chi connectivity index (χ0v) is 11.8. The van der Waals surface area contributed by atoms with Crippen molar-refractivity contribution in [1.82, 2.24) is 10.6 Å². The van der Waals surface area contributed by atoms with E-state index in [1.165, 1.54) is 20.0 Å². The molecule has 1 aliphatic rings. The summed E-state index contributed by atoms with van der Waals surface area (Å²) in [6.07, 6.45) is 3.26. The molecular formula is C13H22N2O5. The Morgan fingerprint density at radius 2 is 1.95 bits per heavy atom. The van der Waals surface area contributed by atoms with E-state index in [9.17, 15) is 14.4 Å². The number of hydrogen-bond donors (Lipinski definition) is 3. The Bertz CT molecular complexity index is 368. The van der Waals surface area contributed by atoms with E-state index in [0.717, 1.165) is 6.42 Å². The summed E-state index contributed by atoms with van der Waals surface area (Å²) in [5.41, 5.74) is 0. The molecule has 0 heterocycles. The summed E-state index contributed by atoms with van der Waals surface area (Å²) in [6, 6.07) is -1.60. The van der Waals surface area contributed by atoms with Crippen LogP contribution in [0.1, 0.15) is 39.0 Å². The fourth-order valence-corrected chi connectivity index (χ4v) is 1.96. The van der Waals surface area contributed by atoms with Gasteiger partial charge in [0.05, 0.1) is 7.11 Å². The highest BCUT2D eigenvalue weighted by Gasteiger charge is 2.25. The van der Waals surface area contributed by atoms with Gasteiger partial charge in [-0.15, -0.1) is 0 Å². The number of methoxy groups -OCH3 is 1. The third-order valence-electron chi connectivity index (χ3n) is 3.23. The van der Waals surface area contributed by atoms with Gasteiger partial charge < -0.3 is 20.5 Å². The molecule has 0 aromatic heterocycles. The van der Waals surface area contributed by atoms with Gasteiger partial charge >= 0.3 is 18.0 Å². The first-order valence-electron chi connectivity index (χ1n) is 6.79. The van der Waals surface area contributed by atoms with Gasteiger partial charge in [0.25, 0.3) is 0 Å². The van der Waals surface area contributed by atoms with Crippen LogP contribution in [0, 0.1) is 5.92 Å². The zero-order chi connectivity index (χ0) is 15.1. The molecule has 3 N–H and O–H groups in total. The second-order valence-electron chi connectivity index (χ2n) is 5.20. The van der Waals surface area contributed by atoms with Crippen molar-refractivity contribution in [2.24, 2.45) is 5.92 Å². The van der Waals surface area contributed by atoms with Crippen molar-refractivity contribution in [3.05, 3.63) is 0 Å². The average Bonchev–Trinajstić information content (AvgIpc) is 3.16. The monoisotopic (exact) mass is 286 g/mol. The Morgan fingerprint density at radius 1 is 1.30 bits per heavy atom. The van der Waals surface area contributed by atoms with Crippen LogP contribution < -0.4 is 10.6 Å². The van der Waals surface area contributed by atoms with Crippen molar-refractivity contribution < 1.29 is 24.2 Å². The molecule has 0 saturated heterocycles. The highest BCUT2D eigenvalue weighted by atomic mass is 16.5. The number of aliphatic carboxylic acids is 1. The van der Waals surface area contributed by atoms with Crippen LogP contribution in [0.15, 0.2) is 0 Å². The Kier molecular flexibility index (Phi) is 6.27. The van der Waals surface area contributed by atoms with E-state index in [1.54, 1.807) is 0 Å². The second-order valence-corrected chi connectivity index (χ2v) is 5.20. The second kappa shape index (κ2) is 7.72. The van der Waals surface area contributed by atoms with E-state index in [0.29, 0.717) is 5.92 Å². The van der Waals surface area contributed by atoms with Gasteiger partial charge in [0.15, 0.2) is 0 Å². The maximum atomic E-state index is 11.7. The number of rotatable bonds is 8. The van der Waals surface area contributed by atoms with Crippen LogP contribution in [0.3, 0.4) is 0 Å². The van der Waals surface area contributed by atoms with Gasteiger partial charge in [0, 0.05) is 12.5 Å². The van der Waals surface area contributed by atoms with Gasteiger partial charge in [-0.3, -0.25) is 4.79 Å². The summed E-state index contributed by atoms with van der Waals surface area (Å²) >= 11 is 0. The predicted octanol–water partition coefficient (Wildman–Crippen LogP) is 0.881. The lowest BCUT2D eigenvalue weighted by Crippen LogP contribution is -2.48. The number of urea groups is 1. The van der Waals surface area contributed by atoms with Crippen molar-refractivity contribution in [3.8, 4) is 0 Å². The van der Waals surface area contributed by atoms with Crippen LogP contribution in [0.2, 0.25) is 0 Å². The van der Waals surface area contributed by atoms with E-state index >= 15 is 0 Å². The zero-order valence-electron chi connectivity index (χ0n) is 11.8. The number of hydrogen-bond acceptors (Lipinski definition) is 4. The molecule has 0 aromatic carbocycles. The summed E-state index contributed by atoms with van der Waals surface area (Å²) < 4.78 is 4.44. The molecule has 20 heavy (non-hydrogen) atoms. The molecule has 1 aliphatic carbocycles. The molecule has 0 radical (unpaired) electrons. The van der Waals surface area contributed by atoms with E-state index in [-0.39, 0.29) is 18.9 Å². The number of esters is 1. The molecule has 1 fully saturated rings. The summed E-state index contributed by atoms with van der Waals surface area (Å²) in [5.74, 6) is -0.987. The van der Waals surface area contributed by atoms with Crippen LogP contribution in [0.5, 0.6) is 0 Å². The Balaban J connectivity index is 2.33. The molecule has 7 nitrogen and oxygen atoms in total. The van der Waals surface area contributed by atoms with Crippen LogP contribution in [0.25, 0.3) is 0 Å². The molecule has 1 saturated carbocycles. The van der Waals surface area contributed by atoms with Gasteiger partial charge in [-0.2, -0.15) is 0 Å². The topological polar surface area (TPSA) is 105 Å². The Hall–Kier alpha value is -1.79. The Morgan fingerprint density at radius 3 is 2.45 bits per heavy atom. The fourth-order valence-electron chi connectivity index (χ4n) is 1.96. The third-order valence-corrected chi connectivity index (χ3v) is 3.23. The first kappa shape index (κ1) is 16.3. The minimum Gasteiger partial charge on any atom is -0.480 e. The quantitative estimate of drug-likeness (QED) is 0.574. The van der Waals surface area contributed by atoms with Crippen LogP contribution in [-0.4, -0.2) is 42.3 Å². The minimum atomic E-state index is -1.17. The molecule has 0 aliphatic heterocycles. The van der Waals surface area contributed by atoms with E-state index < -0.39 is 24.0 Å². The molecule has 2 atom stereocenters. The van der Waals surface area contributed by atoms with Gasteiger partial charge in [-0.1, -0.05) is 12.8 Å². The van der Waals surface area contributed by atoms with Crippen molar-refractivity contribution >= 4 is 18.0 Å². The molecule has 1 unspecified atom stereocenters. The first-order chi connectivity index (χ1) is 9.42. The number of carbonyl (C=O) groups is 3. The van der Waals surface area contributed by atoms with Crippen molar-refractivity contribution in [2.45, 2.75) is 51.1 Å². The minimum absolute atomic E-state index is 0.00638. The van der Waals surface area contributed by atoms with E-state index in [1.807, 2.05) is 6.92 Å². The summed E-state index contributed by atoms with van der Waals surface area (Å²) in [6.45, 7) is 1.89. The number of ether oxygens (including phenoxy) is 1. The number of amides is 2. The molecule has 114 valence electrons. The van der Waals surface area contributed by atoms with Crippen LogP contribution in [0.4, 0.5) is 4.79 Å². The lowest BCUT2D eigenvalue weighted by molar-refractivity contribution is -0.142. The molecule has 0 spiro atoms. The normalized spacial score (nSPS) is 16.9. The summed E-state index contributed by atoms with van der Waals surface area (Å²) in [4.78, 5) is 33.7. The number of carboxylic acid groups (broad SMARTS) is 1. The molecule has 2 amide bonds. The predicted molar refractivity (Wildman–Crippen MR) is 71.1 cm³/mol. The fraction of sp³-hybridized carbons (Fsp3) is 0.769. The van der Waals surface area contributed by atoms with Gasteiger partial charge in [0.1, 0.15) is 6.04 Å². The number of carboxylic acids is 1. The summed E-state index contributed by atoms with van der Waals surface area (Å²) in [5, 5.41) is 14.1. The average molecular weight is 286 g/mol. The molecule has 1 rings (SSSR count). The van der Waals surface area contributed by atoms with Gasteiger partial charge in [-0.05, 0) is 25.7 Å². The molecular weight excluding hydrogens is 264 g/mol. The molecule has 0 bridgehead atoms. The standard InChI is InChI=1S/C13H22N2O5/c1-8(7-9-3-4-9)14-13(19)15-10(12(17)18)5-6-11(16)20-2/h8-10H,3-7H2,1-2H3,(H,17,18)(H2,14,15,19)/t8?,10-/m0/s1. The van der Waals surface area contributed by atoms with Crippen LogP contribution in [-0.2, 0) is 14.3 Å². The van der Waals surface area contributed by atoms with E-state index in [4.69, 9.17) is 5.11 Å². The van der Waals surface area contributed by atoms with Gasteiger partial charge in [-0.25, -0.2) is 9.59 Å². The smallest absolute Gasteiger partial charge is 0.326 e. The van der Waals surface area contributed by atoms with Crippen molar-refractivity contribution in [2.75, 3.05) is 7.11 Å². The highest BCUT2D eigenvalue weighted by molar-refractivity contribution is 5.83. The number of carbonyl (C=O) groups excluding carboxylic acids is 2.